The lowest BCUT2D eigenvalue weighted by Crippen LogP contribution is -2.22. The van der Waals surface area contributed by atoms with Crippen LogP contribution in [-0.4, -0.2) is 18.7 Å². The molecule has 5 heteroatoms. The number of benzene rings is 2. The number of hydrogen-bond acceptors (Lipinski definition) is 3. The van der Waals surface area contributed by atoms with Crippen LogP contribution in [0.4, 0.5) is 5.69 Å². The summed E-state index contributed by atoms with van der Waals surface area (Å²) in [6.07, 6.45) is 0. The minimum Gasteiger partial charge on any atom is -0.388 e. The van der Waals surface area contributed by atoms with Crippen LogP contribution in [0.5, 0.6) is 0 Å². The van der Waals surface area contributed by atoms with Gasteiger partial charge in [-0.3, -0.25) is 0 Å². The molecule has 0 radical (unpaired) electrons. The monoisotopic (exact) mass is 255 g/mol. The number of anilines is 1. The molecule has 0 amide bonds. The molecule has 0 heterocycles. The van der Waals surface area contributed by atoms with Gasteiger partial charge in [-0.1, -0.05) is 30.3 Å². The summed E-state index contributed by atoms with van der Waals surface area (Å²) < 4.78 is 0. The molecule has 0 fully saturated rings. The van der Waals surface area contributed by atoms with Crippen molar-refractivity contribution in [3.05, 3.63) is 42.0 Å². The van der Waals surface area contributed by atoms with E-state index in [1.165, 1.54) is 0 Å². The standard InChI is InChI=1S/C14H17N5/c1-9(18-19-14(15)16)10-7-8-13(17-2)12-6-4-3-5-11(10)12/h3-8,17H,1-2H3,(H4,15,16,19)/b18-9-. The summed E-state index contributed by atoms with van der Waals surface area (Å²) in [5.74, 6) is -0.0458. The molecule has 0 saturated carbocycles. The molecule has 0 aromatic heterocycles. The number of nitrogens with one attached hydrogen (secondary N) is 1. The average Bonchev–Trinajstić information content (AvgIpc) is 2.43. The molecule has 0 bridgehead atoms. The zero-order valence-electron chi connectivity index (χ0n) is 11.0. The summed E-state index contributed by atoms with van der Waals surface area (Å²) in [5.41, 5.74) is 13.4. The Morgan fingerprint density at radius 3 is 2.32 bits per heavy atom. The third-order valence-electron chi connectivity index (χ3n) is 2.90. The predicted octanol–water partition coefficient (Wildman–Crippen LogP) is 1.88. The Labute approximate surface area is 112 Å². The lowest BCUT2D eigenvalue weighted by Gasteiger charge is -2.10. The van der Waals surface area contributed by atoms with Crippen molar-refractivity contribution in [2.24, 2.45) is 21.7 Å². The van der Waals surface area contributed by atoms with Gasteiger partial charge in [-0.25, -0.2) is 0 Å². The van der Waals surface area contributed by atoms with E-state index >= 15 is 0 Å². The summed E-state index contributed by atoms with van der Waals surface area (Å²) in [6, 6.07) is 12.2. The van der Waals surface area contributed by atoms with Crippen molar-refractivity contribution in [3.63, 3.8) is 0 Å². The fraction of sp³-hybridized carbons (Fsp3) is 0.143. The quantitative estimate of drug-likeness (QED) is 0.444. The van der Waals surface area contributed by atoms with Gasteiger partial charge in [0.05, 0.1) is 5.71 Å². The average molecular weight is 255 g/mol. The largest absolute Gasteiger partial charge is 0.388 e. The van der Waals surface area contributed by atoms with Crippen LogP contribution >= 0.6 is 0 Å². The summed E-state index contributed by atoms with van der Waals surface area (Å²) in [4.78, 5) is 0. The van der Waals surface area contributed by atoms with Crippen LogP contribution in [0.15, 0.2) is 46.6 Å². The zero-order chi connectivity index (χ0) is 13.8. The maximum atomic E-state index is 5.29. The van der Waals surface area contributed by atoms with Gasteiger partial charge in [0.1, 0.15) is 0 Å². The maximum absolute atomic E-state index is 5.29. The van der Waals surface area contributed by atoms with Crippen molar-refractivity contribution in [2.75, 3.05) is 12.4 Å². The second kappa shape index (κ2) is 5.39. The van der Waals surface area contributed by atoms with Gasteiger partial charge in [0, 0.05) is 23.7 Å². The summed E-state index contributed by atoms with van der Waals surface area (Å²) in [7, 11) is 1.90. The third kappa shape index (κ3) is 2.65. The highest BCUT2D eigenvalue weighted by molar-refractivity contribution is 6.12. The third-order valence-corrected chi connectivity index (χ3v) is 2.90. The number of nitrogens with zero attached hydrogens (tertiary/aromatic N) is 2. The van der Waals surface area contributed by atoms with Crippen LogP contribution in [0, 0.1) is 0 Å². The van der Waals surface area contributed by atoms with E-state index in [1.54, 1.807) is 0 Å². The lowest BCUT2D eigenvalue weighted by atomic mass is 10.00. The van der Waals surface area contributed by atoms with Crippen molar-refractivity contribution in [2.45, 2.75) is 6.92 Å². The molecule has 0 spiro atoms. The molecule has 0 atom stereocenters. The van der Waals surface area contributed by atoms with Crippen LogP contribution in [0.2, 0.25) is 0 Å². The molecular weight excluding hydrogens is 238 g/mol. The van der Waals surface area contributed by atoms with Crippen molar-refractivity contribution >= 4 is 28.1 Å². The van der Waals surface area contributed by atoms with Crippen LogP contribution < -0.4 is 16.8 Å². The topological polar surface area (TPSA) is 88.8 Å². The Balaban J connectivity index is 2.63. The van der Waals surface area contributed by atoms with E-state index in [2.05, 4.69) is 27.7 Å². The van der Waals surface area contributed by atoms with Gasteiger partial charge in [-0.2, -0.15) is 5.10 Å². The first-order chi connectivity index (χ1) is 9.13. The van der Waals surface area contributed by atoms with Gasteiger partial charge in [-0.05, 0) is 18.4 Å². The highest BCUT2D eigenvalue weighted by Gasteiger charge is 2.06. The van der Waals surface area contributed by atoms with Crippen LogP contribution in [-0.2, 0) is 0 Å². The fourth-order valence-corrected chi connectivity index (χ4v) is 2.02. The maximum Gasteiger partial charge on any atom is 0.211 e. The molecule has 5 nitrogen and oxygen atoms in total. The van der Waals surface area contributed by atoms with Crippen LogP contribution in [0.3, 0.4) is 0 Å². The number of hydrogen-bond donors (Lipinski definition) is 3. The highest BCUT2D eigenvalue weighted by Crippen LogP contribution is 2.26. The first-order valence-corrected chi connectivity index (χ1v) is 5.96. The molecule has 5 N–H and O–H groups in total. The Morgan fingerprint density at radius 1 is 1.00 bits per heavy atom. The Hall–Kier alpha value is -2.56. The van der Waals surface area contributed by atoms with E-state index in [9.17, 15) is 0 Å². The number of guanidine groups is 1. The molecule has 0 aliphatic heterocycles. The lowest BCUT2D eigenvalue weighted by molar-refractivity contribution is 1.20. The molecule has 0 aliphatic carbocycles. The van der Waals surface area contributed by atoms with Crippen molar-refractivity contribution in [1.82, 2.24) is 0 Å². The van der Waals surface area contributed by atoms with Crippen LogP contribution in [0.25, 0.3) is 10.8 Å². The Bertz CT molecular complexity index is 654. The van der Waals surface area contributed by atoms with Gasteiger partial charge < -0.3 is 16.8 Å². The van der Waals surface area contributed by atoms with E-state index in [1.807, 2.05) is 38.2 Å². The van der Waals surface area contributed by atoms with E-state index in [4.69, 9.17) is 11.5 Å². The summed E-state index contributed by atoms with van der Waals surface area (Å²) >= 11 is 0. The van der Waals surface area contributed by atoms with Crippen molar-refractivity contribution in [1.29, 1.82) is 0 Å². The smallest absolute Gasteiger partial charge is 0.211 e. The second-order valence-corrected chi connectivity index (χ2v) is 4.17. The van der Waals surface area contributed by atoms with Gasteiger partial charge in [-0.15, -0.1) is 5.10 Å². The molecule has 98 valence electrons. The van der Waals surface area contributed by atoms with E-state index in [0.717, 1.165) is 27.7 Å². The van der Waals surface area contributed by atoms with E-state index < -0.39 is 0 Å². The SMILES string of the molecule is CNc1ccc(/C(C)=N\N=C(N)N)c2ccccc12. The van der Waals surface area contributed by atoms with Gasteiger partial charge in [0.25, 0.3) is 0 Å². The fourth-order valence-electron chi connectivity index (χ4n) is 2.02. The first kappa shape index (κ1) is 12.9. The van der Waals surface area contributed by atoms with E-state index in [0.29, 0.717) is 0 Å². The highest BCUT2D eigenvalue weighted by atomic mass is 15.3. The van der Waals surface area contributed by atoms with Gasteiger partial charge >= 0.3 is 0 Å². The molecule has 0 aliphatic rings. The summed E-state index contributed by atoms with van der Waals surface area (Å²) in [6.45, 7) is 1.88. The minimum atomic E-state index is -0.0458. The molecule has 2 aromatic carbocycles. The van der Waals surface area contributed by atoms with Crippen molar-refractivity contribution < 1.29 is 0 Å². The van der Waals surface area contributed by atoms with Crippen molar-refractivity contribution in [3.8, 4) is 0 Å². The first-order valence-electron chi connectivity index (χ1n) is 5.96. The molecular formula is C14H17N5. The zero-order valence-corrected chi connectivity index (χ0v) is 11.0. The molecule has 0 saturated heterocycles. The van der Waals surface area contributed by atoms with Crippen LogP contribution in [0.1, 0.15) is 12.5 Å². The minimum absolute atomic E-state index is 0.0458. The number of nitrogens with two attached hydrogens (primary N) is 2. The second-order valence-electron chi connectivity index (χ2n) is 4.17. The molecule has 0 unspecified atom stereocenters. The molecule has 2 aromatic rings. The number of fused-ring (bicyclic) bond motifs is 1. The Morgan fingerprint density at radius 2 is 1.68 bits per heavy atom. The molecule has 2 rings (SSSR count). The van der Waals surface area contributed by atoms with Gasteiger partial charge in [0.15, 0.2) is 0 Å². The normalized spacial score (nSPS) is 11.4. The molecule has 19 heavy (non-hydrogen) atoms. The van der Waals surface area contributed by atoms with Gasteiger partial charge in [0.2, 0.25) is 5.96 Å². The Kier molecular flexibility index (Phi) is 3.66. The number of rotatable bonds is 3. The predicted molar refractivity (Wildman–Crippen MR) is 81.5 cm³/mol. The van der Waals surface area contributed by atoms with E-state index in [-0.39, 0.29) is 5.96 Å². The summed E-state index contributed by atoms with van der Waals surface area (Å²) in [5, 5.41) is 13.2.